The van der Waals surface area contributed by atoms with Crippen LogP contribution in [0, 0.1) is 0 Å². The average Bonchev–Trinajstić information content (AvgIpc) is 3.38. The number of rotatable bonds is 13. The van der Waals surface area contributed by atoms with Gasteiger partial charge in [0.05, 0.1) is 17.0 Å². The monoisotopic (exact) mass is 581 g/mol. The molecule has 7 nitrogen and oxygen atoms in total. The molecule has 2 amide bonds. The van der Waals surface area contributed by atoms with E-state index in [0.717, 1.165) is 37.5 Å². The van der Waals surface area contributed by atoms with E-state index in [1.54, 1.807) is 17.0 Å². The maximum absolute atomic E-state index is 13.5. The standard InChI is InChI=1S/C28H37Cl2N3O4S/c1-3-25(28(35)31-23-12-7-8-13-23)32(19-17-21-10-5-4-6-11-21)27(34)14-9-18-33(38(2,36)37)26-20-22(29)15-16-24(26)30/h4-6,10-11,15-16,20,23,25H,3,7-9,12-14,17-19H2,1-2H3,(H,31,35). The number of nitrogens with zero attached hydrogens (tertiary/aromatic N) is 2. The first-order valence-corrected chi connectivity index (χ1v) is 15.8. The van der Waals surface area contributed by atoms with Gasteiger partial charge in [0.1, 0.15) is 6.04 Å². The van der Waals surface area contributed by atoms with Crippen molar-refractivity contribution in [3.63, 3.8) is 0 Å². The zero-order chi connectivity index (χ0) is 27.7. The predicted octanol–water partition coefficient (Wildman–Crippen LogP) is 5.45. The Kier molecular flexibility index (Phi) is 11.3. The van der Waals surface area contributed by atoms with E-state index < -0.39 is 16.1 Å². The number of halogens is 2. The van der Waals surface area contributed by atoms with Crippen molar-refractivity contribution in [2.45, 2.75) is 70.4 Å². The van der Waals surface area contributed by atoms with Crippen LogP contribution in [0.15, 0.2) is 48.5 Å². The Morgan fingerprint density at radius 1 is 1.05 bits per heavy atom. The Labute approximate surface area is 236 Å². The van der Waals surface area contributed by atoms with Crippen molar-refractivity contribution >= 4 is 50.7 Å². The van der Waals surface area contributed by atoms with Crippen molar-refractivity contribution < 1.29 is 18.0 Å². The fourth-order valence-electron chi connectivity index (χ4n) is 4.92. The number of hydrogen-bond donors (Lipinski definition) is 1. The van der Waals surface area contributed by atoms with Crippen molar-refractivity contribution in [3.05, 3.63) is 64.1 Å². The number of anilines is 1. The second-order valence-electron chi connectivity index (χ2n) is 9.77. The van der Waals surface area contributed by atoms with E-state index in [2.05, 4.69) is 5.32 Å². The third-order valence-corrected chi connectivity index (χ3v) is 8.64. The first-order chi connectivity index (χ1) is 18.1. The number of nitrogens with one attached hydrogen (secondary N) is 1. The van der Waals surface area contributed by atoms with Gasteiger partial charge in [-0.2, -0.15) is 0 Å². The van der Waals surface area contributed by atoms with Gasteiger partial charge in [0.2, 0.25) is 21.8 Å². The second-order valence-corrected chi connectivity index (χ2v) is 12.5. The molecule has 0 saturated heterocycles. The van der Waals surface area contributed by atoms with Crippen molar-refractivity contribution in [2.24, 2.45) is 0 Å². The summed E-state index contributed by atoms with van der Waals surface area (Å²) < 4.78 is 26.3. The summed E-state index contributed by atoms with van der Waals surface area (Å²) in [4.78, 5) is 28.4. The van der Waals surface area contributed by atoms with Gasteiger partial charge in [-0.15, -0.1) is 0 Å². The van der Waals surface area contributed by atoms with E-state index in [0.29, 0.717) is 24.4 Å². The zero-order valence-electron chi connectivity index (χ0n) is 22.0. The third-order valence-electron chi connectivity index (χ3n) is 6.90. The summed E-state index contributed by atoms with van der Waals surface area (Å²) in [6, 6.07) is 14.1. The normalized spacial score (nSPS) is 14.7. The van der Waals surface area contributed by atoms with Crippen LogP contribution in [-0.2, 0) is 26.0 Å². The van der Waals surface area contributed by atoms with Crippen LogP contribution in [0.25, 0.3) is 0 Å². The summed E-state index contributed by atoms with van der Waals surface area (Å²) in [6.07, 6.45) is 6.70. The molecule has 1 saturated carbocycles. The van der Waals surface area contributed by atoms with Gasteiger partial charge in [-0.3, -0.25) is 13.9 Å². The number of hydrogen-bond acceptors (Lipinski definition) is 4. The summed E-state index contributed by atoms with van der Waals surface area (Å²) >= 11 is 12.4. The van der Waals surface area contributed by atoms with Crippen molar-refractivity contribution in [1.82, 2.24) is 10.2 Å². The van der Waals surface area contributed by atoms with Crippen LogP contribution < -0.4 is 9.62 Å². The molecule has 2 aromatic carbocycles. The Balaban J connectivity index is 1.73. The van der Waals surface area contributed by atoms with E-state index in [4.69, 9.17) is 23.2 Å². The number of sulfonamides is 1. The van der Waals surface area contributed by atoms with E-state index in [1.165, 1.54) is 10.4 Å². The first kappa shape index (κ1) is 30.3. The summed E-state index contributed by atoms with van der Waals surface area (Å²) in [5, 5.41) is 3.76. The Hall–Kier alpha value is -2.29. The highest BCUT2D eigenvalue weighted by Crippen LogP contribution is 2.31. The summed E-state index contributed by atoms with van der Waals surface area (Å²) in [6.45, 7) is 2.37. The molecule has 1 N–H and O–H groups in total. The second kappa shape index (κ2) is 14.2. The molecule has 208 valence electrons. The highest BCUT2D eigenvalue weighted by atomic mass is 35.5. The molecule has 1 unspecified atom stereocenters. The molecule has 0 radical (unpaired) electrons. The van der Waals surface area contributed by atoms with Gasteiger partial charge in [0.25, 0.3) is 0 Å². The lowest BCUT2D eigenvalue weighted by atomic mass is 10.1. The number of benzene rings is 2. The van der Waals surface area contributed by atoms with Gasteiger partial charge >= 0.3 is 0 Å². The van der Waals surface area contributed by atoms with E-state index in [1.807, 2.05) is 37.3 Å². The van der Waals surface area contributed by atoms with Crippen LogP contribution >= 0.6 is 23.2 Å². The summed E-state index contributed by atoms with van der Waals surface area (Å²) in [7, 11) is -3.67. The van der Waals surface area contributed by atoms with Crippen LogP contribution in [-0.4, -0.2) is 56.6 Å². The van der Waals surface area contributed by atoms with Crippen LogP contribution in [0.4, 0.5) is 5.69 Å². The minimum absolute atomic E-state index is 0.0578. The molecule has 1 atom stereocenters. The lowest BCUT2D eigenvalue weighted by Crippen LogP contribution is -2.52. The fraction of sp³-hybridized carbons (Fsp3) is 0.500. The van der Waals surface area contributed by atoms with Gasteiger partial charge in [-0.1, -0.05) is 73.3 Å². The number of amides is 2. The number of carbonyl (C=O) groups excluding carboxylic acids is 2. The highest BCUT2D eigenvalue weighted by molar-refractivity contribution is 7.92. The maximum atomic E-state index is 13.5. The van der Waals surface area contributed by atoms with Gasteiger partial charge in [0, 0.05) is 30.6 Å². The molecule has 1 aliphatic rings. The lowest BCUT2D eigenvalue weighted by molar-refractivity contribution is -0.141. The Morgan fingerprint density at radius 3 is 2.37 bits per heavy atom. The molecule has 1 aliphatic carbocycles. The highest BCUT2D eigenvalue weighted by Gasteiger charge is 2.30. The molecule has 0 aliphatic heterocycles. The topological polar surface area (TPSA) is 86.8 Å². The smallest absolute Gasteiger partial charge is 0.243 e. The SMILES string of the molecule is CCC(C(=O)NC1CCCC1)N(CCc1ccccc1)C(=O)CCCN(c1cc(Cl)ccc1Cl)S(C)(=O)=O. The average molecular weight is 583 g/mol. The molecule has 0 aromatic heterocycles. The van der Waals surface area contributed by atoms with Gasteiger partial charge in [-0.25, -0.2) is 8.42 Å². The van der Waals surface area contributed by atoms with Crippen molar-refractivity contribution in [3.8, 4) is 0 Å². The molecular formula is C28H37Cl2N3O4S. The van der Waals surface area contributed by atoms with E-state index in [-0.39, 0.29) is 48.0 Å². The molecule has 0 spiro atoms. The third kappa shape index (κ3) is 8.61. The van der Waals surface area contributed by atoms with E-state index >= 15 is 0 Å². The number of carbonyl (C=O) groups is 2. The molecule has 38 heavy (non-hydrogen) atoms. The van der Waals surface area contributed by atoms with Crippen LogP contribution in [0.2, 0.25) is 10.0 Å². The molecule has 2 aromatic rings. The molecule has 10 heteroatoms. The van der Waals surface area contributed by atoms with Crippen molar-refractivity contribution in [2.75, 3.05) is 23.7 Å². The first-order valence-electron chi connectivity index (χ1n) is 13.2. The predicted molar refractivity (Wildman–Crippen MR) is 154 cm³/mol. The molecule has 3 rings (SSSR count). The summed E-state index contributed by atoms with van der Waals surface area (Å²) in [5.74, 6) is -0.302. The van der Waals surface area contributed by atoms with Crippen LogP contribution in [0.1, 0.15) is 57.4 Å². The summed E-state index contributed by atoms with van der Waals surface area (Å²) in [5.41, 5.74) is 1.35. The largest absolute Gasteiger partial charge is 0.352 e. The molecular weight excluding hydrogens is 545 g/mol. The minimum Gasteiger partial charge on any atom is -0.352 e. The van der Waals surface area contributed by atoms with Crippen LogP contribution in [0.3, 0.4) is 0 Å². The Morgan fingerprint density at radius 2 is 1.74 bits per heavy atom. The zero-order valence-corrected chi connectivity index (χ0v) is 24.4. The van der Waals surface area contributed by atoms with Gasteiger partial charge in [0.15, 0.2) is 0 Å². The fourth-order valence-corrected chi connectivity index (χ4v) is 6.33. The Bertz CT molecular complexity index is 1190. The molecule has 1 fully saturated rings. The maximum Gasteiger partial charge on any atom is 0.243 e. The van der Waals surface area contributed by atoms with E-state index in [9.17, 15) is 18.0 Å². The molecule has 0 bridgehead atoms. The van der Waals surface area contributed by atoms with Gasteiger partial charge in [-0.05, 0) is 55.9 Å². The lowest BCUT2D eigenvalue weighted by Gasteiger charge is -2.32. The molecule has 0 heterocycles. The van der Waals surface area contributed by atoms with Crippen LogP contribution in [0.5, 0.6) is 0 Å². The quantitative estimate of drug-likeness (QED) is 0.341. The minimum atomic E-state index is -3.67. The van der Waals surface area contributed by atoms with Gasteiger partial charge < -0.3 is 10.2 Å². The van der Waals surface area contributed by atoms with Crippen molar-refractivity contribution in [1.29, 1.82) is 0 Å².